The zero-order chi connectivity index (χ0) is 19.0. The molecule has 1 aliphatic carbocycles. The molecule has 138 valence electrons. The summed E-state index contributed by atoms with van der Waals surface area (Å²) in [5, 5.41) is 12.2. The van der Waals surface area contributed by atoms with Crippen LogP contribution in [-0.2, 0) is 9.59 Å². The van der Waals surface area contributed by atoms with Gasteiger partial charge in [-0.1, -0.05) is 13.8 Å². The van der Waals surface area contributed by atoms with Crippen LogP contribution in [0.15, 0.2) is 24.3 Å². The maximum absolute atomic E-state index is 12.6. The van der Waals surface area contributed by atoms with Crippen molar-refractivity contribution in [3.8, 4) is 5.75 Å². The molecule has 1 saturated carbocycles. The standard InChI is InChI=1S/C17H20ClF2NO4/c1-15(2)12(8-9-16(15,3)14(23)24)13(22)21-10-4-6-11(7-5-10)25-17(18,19)20/h4-7,12H,8-9H2,1-3H3,(H,21,22)(H,23,24)/t12-,16-/m1/s1. The van der Waals surface area contributed by atoms with Gasteiger partial charge in [0.1, 0.15) is 5.75 Å². The van der Waals surface area contributed by atoms with Gasteiger partial charge in [0, 0.05) is 23.2 Å². The minimum absolute atomic E-state index is 0.141. The van der Waals surface area contributed by atoms with Crippen molar-refractivity contribution in [1.29, 1.82) is 0 Å². The summed E-state index contributed by atoms with van der Waals surface area (Å²) in [6.45, 7) is 5.21. The van der Waals surface area contributed by atoms with Crippen LogP contribution in [0.25, 0.3) is 0 Å². The molecule has 1 aliphatic rings. The third kappa shape index (κ3) is 3.86. The molecule has 1 aromatic rings. The van der Waals surface area contributed by atoms with E-state index in [1.807, 2.05) is 0 Å². The molecule has 0 spiro atoms. The number of aliphatic carboxylic acids is 1. The molecular formula is C17H20ClF2NO4. The smallest absolute Gasteiger partial charge is 0.481 e. The Hall–Kier alpha value is -1.89. The van der Waals surface area contributed by atoms with Gasteiger partial charge in [-0.3, -0.25) is 9.59 Å². The molecule has 1 fully saturated rings. The van der Waals surface area contributed by atoms with E-state index in [1.165, 1.54) is 24.3 Å². The number of anilines is 1. The first-order chi connectivity index (χ1) is 11.4. The van der Waals surface area contributed by atoms with E-state index >= 15 is 0 Å². The van der Waals surface area contributed by atoms with Gasteiger partial charge in [0.2, 0.25) is 5.91 Å². The summed E-state index contributed by atoms with van der Waals surface area (Å²) in [7, 11) is 0. The lowest BCUT2D eigenvalue weighted by atomic mass is 9.65. The van der Waals surface area contributed by atoms with E-state index in [1.54, 1.807) is 20.8 Å². The number of carbonyl (C=O) groups is 2. The predicted molar refractivity (Wildman–Crippen MR) is 88.7 cm³/mol. The van der Waals surface area contributed by atoms with Crippen molar-refractivity contribution in [3.63, 3.8) is 0 Å². The van der Waals surface area contributed by atoms with Crippen LogP contribution in [0.3, 0.4) is 0 Å². The highest BCUT2D eigenvalue weighted by atomic mass is 35.5. The molecule has 1 aromatic carbocycles. The number of rotatable bonds is 5. The van der Waals surface area contributed by atoms with E-state index in [0.29, 0.717) is 18.5 Å². The number of carboxylic acids is 1. The number of benzene rings is 1. The average Bonchev–Trinajstić information content (AvgIpc) is 2.71. The van der Waals surface area contributed by atoms with E-state index in [-0.39, 0.29) is 11.7 Å². The molecule has 0 bridgehead atoms. The summed E-state index contributed by atoms with van der Waals surface area (Å²) in [5.41, 5.74) is -5.12. The highest BCUT2D eigenvalue weighted by Gasteiger charge is 2.58. The first kappa shape index (κ1) is 19.4. The average molecular weight is 376 g/mol. The number of carbonyl (C=O) groups excluding carboxylic acids is 1. The number of ether oxygens (including phenoxy) is 1. The second-order valence-corrected chi connectivity index (χ2v) is 7.45. The lowest BCUT2D eigenvalue weighted by Crippen LogP contribution is -2.43. The topological polar surface area (TPSA) is 75.6 Å². The van der Waals surface area contributed by atoms with Crippen LogP contribution in [-0.4, -0.2) is 22.6 Å². The predicted octanol–water partition coefficient (Wildman–Crippen LogP) is 4.32. The summed E-state index contributed by atoms with van der Waals surface area (Å²) >= 11 is 4.69. The van der Waals surface area contributed by atoms with Crippen LogP contribution < -0.4 is 10.1 Å². The molecule has 2 atom stereocenters. The SMILES string of the molecule is CC1(C)[C@@H](C(=O)Nc2ccc(OC(F)(F)Cl)cc2)CC[C@]1(C)C(=O)O. The van der Waals surface area contributed by atoms with Crippen LogP contribution >= 0.6 is 11.6 Å². The molecule has 0 aliphatic heterocycles. The minimum atomic E-state index is -3.81. The number of carboxylic acid groups (broad SMARTS) is 1. The van der Waals surface area contributed by atoms with Crippen molar-refractivity contribution in [1.82, 2.24) is 0 Å². The summed E-state index contributed by atoms with van der Waals surface area (Å²) in [5.74, 6) is -1.84. The molecule has 2 N–H and O–H groups in total. The van der Waals surface area contributed by atoms with Gasteiger partial charge in [0.25, 0.3) is 0 Å². The Bertz CT molecular complexity index is 672. The van der Waals surface area contributed by atoms with Crippen molar-refractivity contribution in [2.75, 3.05) is 5.32 Å². The van der Waals surface area contributed by atoms with Gasteiger partial charge in [-0.2, -0.15) is 0 Å². The zero-order valence-electron chi connectivity index (χ0n) is 14.1. The van der Waals surface area contributed by atoms with Gasteiger partial charge in [-0.25, -0.2) is 0 Å². The second-order valence-electron chi connectivity index (χ2n) is 7.01. The molecule has 5 nitrogen and oxygen atoms in total. The maximum atomic E-state index is 12.6. The summed E-state index contributed by atoms with van der Waals surface area (Å²) < 4.78 is 29.3. The Kier molecular flexibility index (Phi) is 5.01. The molecule has 0 unspecified atom stereocenters. The normalized spacial score (nSPS) is 25.4. The maximum Gasteiger partial charge on any atom is 0.487 e. The molecule has 0 heterocycles. The number of nitrogens with one attached hydrogen (secondary N) is 1. The Morgan fingerprint density at radius 1 is 1.28 bits per heavy atom. The van der Waals surface area contributed by atoms with Crippen molar-refractivity contribution in [2.24, 2.45) is 16.7 Å². The van der Waals surface area contributed by atoms with Gasteiger partial charge in [-0.05, 0) is 49.4 Å². The highest BCUT2D eigenvalue weighted by Crippen LogP contribution is 2.56. The molecule has 2 rings (SSSR count). The fourth-order valence-electron chi connectivity index (χ4n) is 3.31. The molecule has 25 heavy (non-hydrogen) atoms. The molecular weight excluding hydrogens is 356 g/mol. The zero-order valence-corrected chi connectivity index (χ0v) is 14.9. The third-order valence-electron chi connectivity index (χ3n) is 5.37. The first-order valence-electron chi connectivity index (χ1n) is 7.77. The Morgan fingerprint density at radius 3 is 2.28 bits per heavy atom. The Labute approximate surface area is 149 Å². The van der Waals surface area contributed by atoms with Crippen molar-refractivity contribution in [3.05, 3.63) is 24.3 Å². The number of hydrogen-bond acceptors (Lipinski definition) is 3. The van der Waals surface area contributed by atoms with Gasteiger partial charge < -0.3 is 15.2 Å². The van der Waals surface area contributed by atoms with Crippen molar-refractivity contribution >= 4 is 29.2 Å². The van der Waals surface area contributed by atoms with Crippen LogP contribution in [0, 0.1) is 16.7 Å². The lowest BCUT2D eigenvalue weighted by Gasteiger charge is -2.37. The molecule has 0 aromatic heterocycles. The Morgan fingerprint density at radius 2 is 1.84 bits per heavy atom. The van der Waals surface area contributed by atoms with E-state index in [4.69, 9.17) is 0 Å². The van der Waals surface area contributed by atoms with Crippen molar-refractivity contribution < 1.29 is 28.2 Å². The largest absolute Gasteiger partial charge is 0.487 e. The van der Waals surface area contributed by atoms with E-state index in [9.17, 15) is 23.5 Å². The fourth-order valence-corrected chi connectivity index (χ4v) is 3.40. The van der Waals surface area contributed by atoms with Crippen LogP contribution in [0.2, 0.25) is 0 Å². The van der Waals surface area contributed by atoms with E-state index < -0.39 is 28.3 Å². The molecule has 0 radical (unpaired) electrons. The highest BCUT2D eigenvalue weighted by molar-refractivity contribution is 6.20. The fraction of sp³-hybridized carbons (Fsp3) is 0.529. The van der Waals surface area contributed by atoms with Crippen molar-refractivity contribution in [2.45, 2.75) is 39.2 Å². The quantitative estimate of drug-likeness (QED) is 0.751. The number of hydrogen-bond donors (Lipinski definition) is 2. The Balaban J connectivity index is 2.09. The third-order valence-corrected chi connectivity index (χ3v) is 5.45. The first-order valence-corrected chi connectivity index (χ1v) is 8.15. The second kappa shape index (κ2) is 6.44. The van der Waals surface area contributed by atoms with Gasteiger partial charge in [-0.15, -0.1) is 8.78 Å². The molecule has 8 heteroatoms. The van der Waals surface area contributed by atoms with Gasteiger partial charge in [0.15, 0.2) is 0 Å². The monoisotopic (exact) mass is 375 g/mol. The molecule has 1 amide bonds. The van der Waals surface area contributed by atoms with Crippen LogP contribution in [0.5, 0.6) is 5.75 Å². The van der Waals surface area contributed by atoms with Gasteiger partial charge in [0.05, 0.1) is 5.41 Å². The lowest BCUT2D eigenvalue weighted by molar-refractivity contribution is -0.154. The number of halogens is 3. The van der Waals surface area contributed by atoms with Crippen LogP contribution in [0.4, 0.5) is 14.5 Å². The number of alkyl halides is 3. The van der Waals surface area contributed by atoms with Gasteiger partial charge >= 0.3 is 11.5 Å². The minimum Gasteiger partial charge on any atom is -0.481 e. The van der Waals surface area contributed by atoms with Crippen LogP contribution in [0.1, 0.15) is 33.6 Å². The van der Waals surface area contributed by atoms with E-state index in [0.717, 1.165) is 0 Å². The summed E-state index contributed by atoms with van der Waals surface area (Å²) in [6, 6.07) is 5.34. The summed E-state index contributed by atoms with van der Waals surface area (Å²) in [4.78, 5) is 24.2. The number of amides is 1. The van der Waals surface area contributed by atoms with E-state index in [2.05, 4.69) is 21.7 Å². The summed E-state index contributed by atoms with van der Waals surface area (Å²) in [6.07, 6.45) is 0.867. The molecule has 0 saturated heterocycles.